The number of aliphatic hydroxyl groups is 2. The Morgan fingerprint density at radius 1 is 1.00 bits per heavy atom. The summed E-state index contributed by atoms with van der Waals surface area (Å²) in [5.74, 6) is 0. The van der Waals surface area contributed by atoms with Crippen LogP contribution in [0.3, 0.4) is 0 Å². The van der Waals surface area contributed by atoms with Crippen molar-refractivity contribution in [1.29, 1.82) is 0 Å². The van der Waals surface area contributed by atoms with Gasteiger partial charge in [-0.15, -0.1) is 0 Å². The minimum absolute atomic E-state index is 0.00755. The molecule has 0 saturated heterocycles. The fourth-order valence-electron chi connectivity index (χ4n) is 3.27. The van der Waals surface area contributed by atoms with Gasteiger partial charge < -0.3 is 5.32 Å². The predicted octanol–water partition coefficient (Wildman–Crippen LogP) is 3.06. The second-order valence-electron chi connectivity index (χ2n) is 6.48. The first-order valence-corrected chi connectivity index (χ1v) is 9.66. The Morgan fingerprint density at radius 2 is 1.43 bits per heavy atom. The van der Waals surface area contributed by atoms with Crippen molar-refractivity contribution < 1.29 is 10.2 Å². The summed E-state index contributed by atoms with van der Waals surface area (Å²) in [7, 11) is 0. The second kappa shape index (κ2) is 11.6. The molecule has 21 heavy (non-hydrogen) atoms. The van der Waals surface area contributed by atoms with Crippen LogP contribution >= 0.6 is 0 Å². The fourth-order valence-corrected chi connectivity index (χ4v) is 3.52. The Hall–Kier alpha value is 0.109. The average Bonchev–Trinajstić information content (AvgIpc) is 2.50. The van der Waals surface area contributed by atoms with Crippen molar-refractivity contribution in [3.63, 3.8) is 0 Å². The van der Waals surface area contributed by atoms with Gasteiger partial charge >= 0.3 is 56.3 Å². The first-order chi connectivity index (χ1) is 10.1. The third-order valence-electron chi connectivity index (χ3n) is 4.53. The van der Waals surface area contributed by atoms with Crippen molar-refractivity contribution in [3.05, 3.63) is 0 Å². The van der Waals surface area contributed by atoms with E-state index < -0.39 is 6.10 Å². The van der Waals surface area contributed by atoms with Crippen LogP contribution in [0.5, 0.6) is 0 Å². The molecule has 0 aromatic carbocycles. The predicted molar refractivity (Wildman–Crippen MR) is 90.5 cm³/mol. The zero-order chi connectivity index (χ0) is 15.5. The quantitative estimate of drug-likeness (QED) is 0.659. The molecule has 0 bridgehead atoms. The van der Waals surface area contributed by atoms with E-state index in [1.54, 1.807) is 0 Å². The maximum atomic E-state index is 8.81. The van der Waals surface area contributed by atoms with Gasteiger partial charge in [0.15, 0.2) is 0 Å². The number of nitrogens with one attached hydrogen (secondary N) is 1. The standard InChI is InChI=1S/C12H23N.C5H10O2Se/c1-3-7-11(8-4-1)13-12-9-5-2-6-10-12;1-2-3-4(6)5(7)8/h11-13H,1-10H2;4,6H,2-3H2,1H3,(H,7,8). The number of aliphatic hydroxyl groups excluding tert-OH is 2. The molecule has 0 spiro atoms. The molecule has 0 amide bonds. The molecule has 1 unspecified atom stereocenters. The first-order valence-electron chi connectivity index (χ1n) is 8.80. The van der Waals surface area contributed by atoms with Crippen LogP contribution in [-0.4, -0.2) is 48.6 Å². The maximum absolute atomic E-state index is 8.81. The van der Waals surface area contributed by atoms with Crippen molar-refractivity contribution in [2.24, 2.45) is 0 Å². The van der Waals surface area contributed by atoms with Crippen molar-refractivity contribution in [2.75, 3.05) is 0 Å². The van der Waals surface area contributed by atoms with Crippen LogP contribution in [0, 0.1) is 0 Å². The van der Waals surface area contributed by atoms with E-state index in [9.17, 15) is 0 Å². The van der Waals surface area contributed by atoms with Gasteiger partial charge in [0.05, 0.1) is 0 Å². The van der Waals surface area contributed by atoms with Gasteiger partial charge in [0, 0.05) is 12.1 Å². The molecule has 2 fully saturated rings. The van der Waals surface area contributed by atoms with Crippen LogP contribution in [0.15, 0.2) is 0 Å². The van der Waals surface area contributed by atoms with E-state index in [1.165, 1.54) is 64.2 Å². The molecule has 2 saturated carbocycles. The monoisotopic (exact) mass is 363 g/mol. The van der Waals surface area contributed by atoms with Crippen LogP contribution < -0.4 is 5.32 Å². The summed E-state index contributed by atoms with van der Waals surface area (Å²) in [6, 6.07) is 1.74. The van der Waals surface area contributed by atoms with Crippen LogP contribution in [0.4, 0.5) is 0 Å². The Morgan fingerprint density at radius 3 is 1.71 bits per heavy atom. The Bertz CT molecular complexity index is 258. The molecule has 0 aromatic heterocycles. The molecule has 4 heteroatoms. The van der Waals surface area contributed by atoms with Crippen molar-refractivity contribution in [2.45, 2.75) is 102 Å². The van der Waals surface area contributed by atoms with Crippen LogP contribution in [-0.2, 0) is 0 Å². The summed E-state index contributed by atoms with van der Waals surface area (Å²) in [5.41, 5.74) is 0. The molecule has 3 nitrogen and oxygen atoms in total. The van der Waals surface area contributed by atoms with E-state index >= 15 is 0 Å². The van der Waals surface area contributed by atoms with Gasteiger partial charge in [-0.05, 0) is 25.7 Å². The topological polar surface area (TPSA) is 52.5 Å². The fraction of sp³-hybridized carbons (Fsp3) is 0.941. The van der Waals surface area contributed by atoms with Gasteiger partial charge in [-0.1, -0.05) is 38.5 Å². The third kappa shape index (κ3) is 8.97. The van der Waals surface area contributed by atoms with Gasteiger partial charge in [-0.3, -0.25) is 0 Å². The SMILES string of the molecule is C1CCC(NC2CCCCC2)CC1.CCCC(O)C(O)=[Se]. The van der Waals surface area contributed by atoms with Gasteiger partial charge in [-0.25, -0.2) is 0 Å². The molecular weight excluding hydrogens is 329 g/mol. The van der Waals surface area contributed by atoms with Crippen molar-refractivity contribution >= 4 is 20.2 Å². The first kappa shape index (κ1) is 19.2. The number of hydrogen-bond acceptors (Lipinski definition) is 3. The zero-order valence-corrected chi connectivity index (χ0v) is 15.2. The normalized spacial score (nSPS) is 22.2. The average molecular weight is 362 g/mol. The van der Waals surface area contributed by atoms with E-state index in [0.29, 0.717) is 6.42 Å². The second-order valence-corrected chi connectivity index (χ2v) is 7.36. The summed E-state index contributed by atoms with van der Waals surface area (Å²) in [5, 5.41) is 21.2. The van der Waals surface area contributed by atoms with Gasteiger partial charge in [0.25, 0.3) is 0 Å². The van der Waals surface area contributed by atoms with E-state index in [1.807, 2.05) is 6.92 Å². The molecule has 2 aliphatic rings. The molecule has 1 atom stereocenters. The summed E-state index contributed by atoms with van der Waals surface area (Å²) < 4.78 is -0.00755. The molecule has 0 radical (unpaired) electrons. The summed E-state index contributed by atoms with van der Waals surface area (Å²) in [6.45, 7) is 1.95. The summed E-state index contributed by atoms with van der Waals surface area (Å²) >= 11 is 2.35. The molecule has 2 aliphatic carbocycles. The minimum atomic E-state index is -0.667. The summed E-state index contributed by atoms with van der Waals surface area (Å²) in [4.78, 5) is 0. The Labute approximate surface area is 138 Å². The van der Waals surface area contributed by atoms with Crippen LogP contribution in [0.1, 0.15) is 84.0 Å². The van der Waals surface area contributed by atoms with Crippen LogP contribution in [0.2, 0.25) is 0 Å². The molecule has 0 aromatic rings. The summed E-state index contributed by atoms with van der Waals surface area (Å²) in [6.07, 6.45) is 15.4. The van der Waals surface area contributed by atoms with Gasteiger partial charge in [0.2, 0.25) is 0 Å². The van der Waals surface area contributed by atoms with Crippen LogP contribution in [0.25, 0.3) is 0 Å². The Balaban J connectivity index is 0.000000240. The van der Waals surface area contributed by atoms with E-state index in [-0.39, 0.29) is 4.60 Å². The van der Waals surface area contributed by atoms with Crippen molar-refractivity contribution in [1.82, 2.24) is 5.32 Å². The number of hydrogen-bond donors (Lipinski definition) is 3. The molecular formula is C17H33NO2Se. The zero-order valence-electron chi connectivity index (χ0n) is 13.5. The molecule has 124 valence electrons. The van der Waals surface area contributed by atoms with Gasteiger partial charge in [0.1, 0.15) is 0 Å². The van der Waals surface area contributed by atoms with Crippen molar-refractivity contribution in [3.8, 4) is 0 Å². The van der Waals surface area contributed by atoms with Gasteiger partial charge in [-0.2, -0.15) is 0 Å². The molecule has 0 aliphatic heterocycles. The third-order valence-corrected chi connectivity index (χ3v) is 5.10. The molecule has 0 heterocycles. The molecule has 2 rings (SSSR count). The Kier molecular flexibility index (Phi) is 10.6. The van der Waals surface area contributed by atoms with E-state index in [4.69, 9.17) is 10.2 Å². The molecule has 3 N–H and O–H groups in total. The van der Waals surface area contributed by atoms with E-state index in [0.717, 1.165) is 18.5 Å². The number of rotatable bonds is 5. The van der Waals surface area contributed by atoms with E-state index in [2.05, 4.69) is 20.9 Å².